The van der Waals surface area contributed by atoms with E-state index in [9.17, 15) is 28.7 Å². The molecule has 4 rings (SSSR count). The largest absolute Gasteiger partial charge is 0.491 e. The lowest BCUT2D eigenvalue weighted by Crippen LogP contribution is -2.56. The predicted octanol–water partition coefficient (Wildman–Crippen LogP) is 0.553. The first-order valence-electron chi connectivity index (χ1n) is 13.6. The number of amides is 4. The van der Waals surface area contributed by atoms with Crippen molar-refractivity contribution in [2.75, 3.05) is 32.9 Å². The number of carbonyl (C=O) groups excluding carboxylic acids is 4. The van der Waals surface area contributed by atoms with Crippen molar-refractivity contribution in [2.45, 2.75) is 49.8 Å². The van der Waals surface area contributed by atoms with Crippen molar-refractivity contribution in [1.29, 1.82) is 0 Å². The molecule has 2 aliphatic heterocycles. The van der Waals surface area contributed by atoms with Gasteiger partial charge in [0.2, 0.25) is 17.7 Å². The lowest BCUT2D eigenvalue weighted by Gasteiger charge is -2.38. The van der Waals surface area contributed by atoms with Gasteiger partial charge in [0.1, 0.15) is 30.3 Å². The third-order valence-corrected chi connectivity index (χ3v) is 7.37. The Hall–Kier alpha value is -4.03. The highest BCUT2D eigenvalue weighted by Crippen LogP contribution is 2.34. The molecule has 0 aromatic heterocycles. The average Bonchev–Trinajstić information content (AvgIpc) is 2.96. The topological polar surface area (TPSA) is 155 Å². The van der Waals surface area contributed by atoms with Gasteiger partial charge in [-0.15, -0.1) is 0 Å². The molecule has 3 atom stereocenters. The summed E-state index contributed by atoms with van der Waals surface area (Å²) in [6.07, 6.45) is -0.670. The number of benzene rings is 2. The van der Waals surface area contributed by atoms with E-state index in [0.717, 1.165) is 0 Å². The Morgan fingerprint density at radius 3 is 2.59 bits per heavy atom. The third-order valence-electron chi connectivity index (χ3n) is 7.37. The van der Waals surface area contributed by atoms with E-state index in [1.165, 1.54) is 25.1 Å². The van der Waals surface area contributed by atoms with Crippen molar-refractivity contribution in [2.24, 2.45) is 0 Å². The minimum absolute atomic E-state index is 0.0201. The summed E-state index contributed by atoms with van der Waals surface area (Å²) >= 11 is 0. The van der Waals surface area contributed by atoms with Gasteiger partial charge in [-0.2, -0.15) is 0 Å². The van der Waals surface area contributed by atoms with Gasteiger partial charge in [-0.05, 0) is 49.6 Å². The molecule has 2 aromatic rings. The Morgan fingerprint density at radius 2 is 1.85 bits per heavy atom. The Morgan fingerprint density at radius 1 is 1.10 bits per heavy atom. The molecule has 4 amide bonds. The van der Waals surface area contributed by atoms with Crippen LogP contribution >= 0.6 is 0 Å². The standard InChI is InChI=1S/C29H35FN4O7/c1-18(35)25-28(39)31-11-14-41-23-8-3-2-7-21(23)26(37)33-22(16-24(36)34-25)27(38)32-17-29(9-12-40-13-10-29)19-5-4-6-20(30)15-19/h2-8,15,18,22,25,35H,9-14,16-17H2,1H3,(H,31,39)(H,32,38)(H,33,37)(H,34,36)/t18-,22+,25+/m1/s1. The third kappa shape index (κ3) is 7.59. The number of rotatable bonds is 5. The number of hydrogen-bond acceptors (Lipinski definition) is 7. The number of para-hydroxylation sites is 1. The van der Waals surface area contributed by atoms with Crippen molar-refractivity contribution >= 4 is 23.6 Å². The van der Waals surface area contributed by atoms with Crippen LogP contribution in [0.4, 0.5) is 4.39 Å². The van der Waals surface area contributed by atoms with Gasteiger partial charge in [-0.3, -0.25) is 19.2 Å². The summed E-state index contributed by atoms with van der Waals surface area (Å²) in [6.45, 7) is 2.41. The molecule has 2 aromatic carbocycles. The maximum Gasteiger partial charge on any atom is 0.255 e. The van der Waals surface area contributed by atoms with E-state index >= 15 is 0 Å². The van der Waals surface area contributed by atoms with Crippen LogP contribution in [0.15, 0.2) is 48.5 Å². The van der Waals surface area contributed by atoms with E-state index in [1.54, 1.807) is 30.3 Å². The zero-order chi connectivity index (χ0) is 29.4. The first-order valence-corrected chi connectivity index (χ1v) is 13.6. The first-order chi connectivity index (χ1) is 19.7. The van der Waals surface area contributed by atoms with E-state index in [4.69, 9.17) is 9.47 Å². The summed E-state index contributed by atoms with van der Waals surface area (Å²) in [4.78, 5) is 52.4. The maximum atomic E-state index is 14.1. The van der Waals surface area contributed by atoms with Crippen molar-refractivity contribution in [3.63, 3.8) is 0 Å². The summed E-state index contributed by atoms with van der Waals surface area (Å²) in [5, 5.41) is 20.6. The number of carbonyl (C=O) groups is 4. The number of ether oxygens (including phenoxy) is 2. The van der Waals surface area contributed by atoms with Crippen LogP contribution in [0.1, 0.15) is 42.1 Å². The highest BCUT2D eigenvalue weighted by Gasteiger charge is 2.37. The molecule has 11 nitrogen and oxygen atoms in total. The summed E-state index contributed by atoms with van der Waals surface area (Å²) in [6, 6.07) is 9.99. The molecular weight excluding hydrogens is 535 g/mol. The van der Waals surface area contributed by atoms with Crippen LogP contribution in [0.2, 0.25) is 0 Å². The fourth-order valence-electron chi connectivity index (χ4n) is 5.02. The quantitative estimate of drug-likeness (QED) is 0.352. The molecule has 0 radical (unpaired) electrons. The zero-order valence-corrected chi connectivity index (χ0v) is 22.8. The number of fused-ring (bicyclic) bond motifs is 1. The van der Waals surface area contributed by atoms with Crippen LogP contribution in [0, 0.1) is 5.82 Å². The SMILES string of the molecule is C[C@@H](O)[C@@H]1NC(=O)C[C@@H](C(=O)NCC2(c3cccc(F)c3)CCOCC2)NC(=O)c2ccccc2OCCNC1=O. The monoisotopic (exact) mass is 570 g/mol. The minimum Gasteiger partial charge on any atom is -0.491 e. The highest BCUT2D eigenvalue weighted by molar-refractivity contribution is 6.01. The van der Waals surface area contributed by atoms with Crippen LogP contribution < -0.4 is 26.0 Å². The molecule has 2 heterocycles. The van der Waals surface area contributed by atoms with E-state index in [1.807, 2.05) is 0 Å². The average molecular weight is 571 g/mol. The molecule has 0 spiro atoms. The molecule has 0 saturated carbocycles. The summed E-state index contributed by atoms with van der Waals surface area (Å²) < 4.78 is 25.3. The van der Waals surface area contributed by atoms with Crippen molar-refractivity contribution < 1.29 is 38.1 Å². The zero-order valence-electron chi connectivity index (χ0n) is 22.8. The van der Waals surface area contributed by atoms with Gasteiger partial charge in [0.15, 0.2) is 0 Å². The number of aliphatic hydroxyl groups excluding tert-OH is 1. The molecule has 12 heteroatoms. The predicted molar refractivity (Wildman–Crippen MR) is 146 cm³/mol. The Balaban J connectivity index is 1.59. The second-order valence-electron chi connectivity index (χ2n) is 10.3. The molecule has 0 unspecified atom stereocenters. The van der Waals surface area contributed by atoms with E-state index in [2.05, 4.69) is 21.3 Å². The van der Waals surface area contributed by atoms with Crippen LogP contribution in [0.25, 0.3) is 0 Å². The molecule has 1 fully saturated rings. The van der Waals surface area contributed by atoms with Gasteiger partial charge in [0, 0.05) is 25.2 Å². The van der Waals surface area contributed by atoms with Gasteiger partial charge in [-0.1, -0.05) is 24.3 Å². The summed E-state index contributed by atoms with van der Waals surface area (Å²) in [7, 11) is 0. The van der Waals surface area contributed by atoms with Gasteiger partial charge < -0.3 is 35.8 Å². The van der Waals surface area contributed by atoms with Crippen molar-refractivity contribution in [3.8, 4) is 5.75 Å². The van der Waals surface area contributed by atoms with Crippen molar-refractivity contribution in [3.05, 3.63) is 65.5 Å². The molecule has 5 N–H and O–H groups in total. The molecule has 1 saturated heterocycles. The van der Waals surface area contributed by atoms with E-state index < -0.39 is 59.5 Å². The fraction of sp³-hybridized carbons (Fsp3) is 0.448. The Bertz CT molecular complexity index is 1270. The molecular formula is C29H35FN4O7. The van der Waals surface area contributed by atoms with Gasteiger partial charge in [-0.25, -0.2) is 4.39 Å². The van der Waals surface area contributed by atoms with Crippen LogP contribution in [-0.4, -0.2) is 79.8 Å². The lowest BCUT2D eigenvalue weighted by molar-refractivity contribution is -0.133. The molecule has 41 heavy (non-hydrogen) atoms. The van der Waals surface area contributed by atoms with Gasteiger partial charge >= 0.3 is 0 Å². The highest BCUT2D eigenvalue weighted by atomic mass is 19.1. The van der Waals surface area contributed by atoms with Crippen LogP contribution in [0.3, 0.4) is 0 Å². The maximum absolute atomic E-state index is 14.1. The number of hydrogen-bond donors (Lipinski definition) is 5. The lowest BCUT2D eigenvalue weighted by atomic mass is 9.74. The smallest absolute Gasteiger partial charge is 0.255 e. The van der Waals surface area contributed by atoms with Crippen LogP contribution in [-0.2, 0) is 24.5 Å². The normalized spacial score (nSPS) is 22.5. The Kier molecular flexibility index (Phi) is 9.90. The number of nitrogens with one attached hydrogen (secondary N) is 4. The van der Waals surface area contributed by atoms with Gasteiger partial charge in [0.05, 0.1) is 24.6 Å². The number of aliphatic hydroxyl groups is 1. The fourth-order valence-corrected chi connectivity index (χ4v) is 5.02. The summed E-state index contributed by atoms with van der Waals surface area (Å²) in [5.41, 5.74) is 0.252. The van der Waals surface area contributed by atoms with E-state index in [-0.39, 0.29) is 31.0 Å². The molecule has 220 valence electrons. The molecule has 2 aliphatic rings. The molecule has 0 aliphatic carbocycles. The van der Waals surface area contributed by atoms with Gasteiger partial charge in [0.25, 0.3) is 5.91 Å². The second-order valence-corrected chi connectivity index (χ2v) is 10.3. The number of halogens is 1. The minimum atomic E-state index is -1.33. The second kappa shape index (κ2) is 13.6. The summed E-state index contributed by atoms with van der Waals surface area (Å²) in [5.74, 6) is -2.78. The van der Waals surface area contributed by atoms with Crippen molar-refractivity contribution in [1.82, 2.24) is 21.3 Å². The van der Waals surface area contributed by atoms with E-state index in [0.29, 0.717) is 31.6 Å². The molecule has 0 bridgehead atoms. The first kappa shape index (κ1) is 29.9. The van der Waals surface area contributed by atoms with Crippen LogP contribution in [0.5, 0.6) is 5.75 Å². The Labute approximate surface area is 237 Å².